The van der Waals surface area contributed by atoms with Gasteiger partial charge in [0.05, 0.1) is 11.1 Å². The number of sulfonamides is 1. The first-order valence-electron chi connectivity index (χ1n) is 8.55. The van der Waals surface area contributed by atoms with E-state index in [0.717, 1.165) is 32.9 Å². The molecule has 0 saturated carbocycles. The maximum atomic E-state index is 12.6. The zero-order valence-electron chi connectivity index (χ0n) is 15.0. The summed E-state index contributed by atoms with van der Waals surface area (Å²) in [6.07, 6.45) is 1.57. The molecule has 0 atom stereocenters. The summed E-state index contributed by atoms with van der Waals surface area (Å²) in [4.78, 5) is 2.51. The molecule has 0 radical (unpaired) electrons. The SMILES string of the molecule is Cc1c(C=NNS(=O)(=O)c2ccc3ccccc3c2)c2ccccc2n1C. The molecule has 1 N–H and O–H groups in total. The third-order valence-corrected chi connectivity index (χ3v) is 6.07. The van der Waals surface area contributed by atoms with E-state index in [9.17, 15) is 8.42 Å². The fourth-order valence-corrected chi connectivity index (χ4v) is 4.09. The van der Waals surface area contributed by atoms with Crippen molar-refractivity contribution in [2.45, 2.75) is 11.8 Å². The van der Waals surface area contributed by atoms with Gasteiger partial charge in [-0.1, -0.05) is 48.5 Å². The third-order valence-electron chi connectivity index (χ3n) is 4.85. The number of aromatic nitrogens is 1. The van der Waals surface area contributed by atoms with Gasteiger partial charge in [-0.2, -0.15) is 13.5 Å². The molecule has 136 valence electrons. The number of rotatable bonds is 4. The van der Waals surface area contributed by atoms with E-state index in [0.29, 0.717) is 0 Å². The largest absolute Gasteiger partial charge is 0.347 e. The van der Waals surface area contributed by atoms with Crippen molar-refractivity contribution in [3.63, 3.8) is 0 Å². The smallest absolute Gasteiger partial charge is 0.276 e. The van der Waals surface area contributed by atoms with Crippen molar-refractivity contribution in [1.29, 1.82) is 0 Å². The van der Waals surface area contributed by atoms with Crippen molar-refractivity contribution >= 4 is 37.9 Å². The van der Waals surface area contributed by atoms with E-state index >= 15 is 0 Å². The Bertz CT molecular complexity index is 1290. The highest BCUT2D eigenvalue weighted by atomic mass is 32.2. The highest BCUT2D eigenvalue weighted by molar-refractivity contribution is 7.89. The molecule has 0 bridgehead atoms. The normalized spacial score (nSPS) is 12.2. The van der Waals surface area contributed by atoms with Crippen molar-refractivity contribution in [3.8, 4) is 0 Å². The predicted octanol–water partition coefficient (Wildman–Crippen LogP) is 3.95. The van der Waals surface area contributed by atoms with E-state index in [1.54, 1.807) is 24.4 Å². The van der Waals surface area contributed by atoms with Gasteiger partial charge in [0.2, 0.25) is 0 Å². The molecule has 0 aliphatic carbocycles. The van der Waals surface area contributed by atoms with Crippen LogP contribution < -0.4 is 4.83 Å². The first kappa shape index (κ1) is 17.3. The Morgan fingerprint density at radius 2 is 1.67 bits per heavy atom. The number of aryl methyl sites for hydroxylation is 1. The van der Waals surface area contributed by atoms with E-state index in [1.165, 1.54) is 0 Å². The van der Waals surface area contributed by atoms with Gasteiger partial charge in [0.15, 0.2) is 0 Å². The summed E-state index contributed by atoms with van der Waals surface area (Å²) in [7, 11) is -1.76. The second-order valence-corrected chi connectivity index (χ2v) is 8.10. The molecule has 27 heavy (non-hydrogen) atoms. The molecule has 1 heterocycles. The van der Waals surface area contributed by atoms with Crippen LogP contribution in [-0.2, 0) is 17.1 Å². The Labute approximate surface area is 158 Å². The number of para-hydroxylation sites is 1. The molecule has 1 aromatic heterocycles. The molecule has 0 amide bonds. The number of fused-ring (bicyclic) bond motifs is 2. The number of benzene rings is 3. The Hall–Kier alpha value is -3.12. The number of hydrogen-bond donors (Lipinski definition) is 1. The highest BCUT2D eigenvalue weighted by Gasteiger charge is 2.14. The zero-order chi connectivity index (χ0) is 19.0. The maximum Gasteiger partial charge on any atom is 0.276 e. The molecule has 0 unspecified atom stereocenters. The molecular weight excluding hydrogens is 358 g/mol. The third kappa shape index (κ3) is 3.08. The molecule has 0 aliphatic heterocycles. The molecular formula is C21H19N3O2S. The number of hydrogen-bond acceptors (Lipinski definition) is 3. The lowest BCUT2D eigenvalue weighted by Crippen LogP contribution is -2.18. The molecule has 0 saturated heterocycles. The average molecular weight is 377 g/mol. The first-order chi connectivity index (χ1) is 13.0. The molecule has 0 fully saturated rings. The molecule has 3 aromatic carbocycles. The first-order valence-corrected chi connectivity index (χ1v) is 10.0. The van der Waals surface area contributed by atoms with Crippen LogP contribution >= 0.6 is 0 Å². The molecule has 0 aliphatic rings. The van der Waals surface area contributed by atoms with Crippen LogP contribution in [0.2, 0.25) is 0 Å². The number of nitrogens with one attached hydrogen (secondary N) is 1. The van der Waals surface area contributed by atoms with Gasteiger partial charge >= 0.3 is 0 Å². The van der Waals surface area contributed by atoms with Gasteiger partial charge in [-0.3, -0.25) is 0 Å². The van der Waals surface area contributed by atoms with Crippen molar-refractivity contribution in [2.75, 3.05) is 0 Å². The minimum Gasteiger partial charge on any atom is -0.347 e. The summed E-state index contributed by atoms with van der Waals surface area (Å²) in [5.41, 5.74) is 2.99. The highest BCUT2D eigenvalue weighted by Crippen LogP contribution is 2.23. The van der Waals surface area contributed by atoms with Gasteiger partial charge in [0.25, 0.3) is 10.0 Å². The van der Waals surface area contributed by atoms with Crippen LogP contribution in [0.4, 0.5) is 0 Å². The minimum absolute atomic E-state index is 0.188. The van der Waals surface area contributed by atoms with Crippen LogP contribution in [0.15, 0.2) is 76.7 Å². The predicted molar refractivity (Wildman–Crippen MR) is 110 cm³/mol. The molecule has 4 aromatic rings. The summed E-state index contributed by atoms with van der Waals surface area (Å²) in [6.45, 7) is 1.99. The van der Waals surface area contributed by atoms with Crippen molar-refractivity contribution < 1.29 is 8.42 Å². The lowest BCUT2D eigenvalue weighted by molar-refractivity contribution is 0.585. The van der Waals surface area contributed by atoms with E-state index < -0.39 is 10.0 Å². The summed E-state index contributed by atoms with van der Waals surface area (Å²) in [6, 6.07) is 20.6. The van der Waals surface area contributed by atoms with Crippen molar-refractivity contribution in [1.82, 2.24) is 9.40 Å². The van der Waals surface area contributed by atoms with Crippen molar-refractivity contribution in [2.24, 2.45) is 12.1 Å². The van der Waals surface area contributed by atoms with Gasteiger partial charge in [-0.25, -0.2) is 4.83 Å². The second-order valence-electron chi connectivity index (χ2n) is 6.44. The van der Waals surface area contributed by atoms with Crippen LogP contribution in [0.3, 0.4) is 0 Å². The lowest BCUT2D eigenvalue weighted by atomic mass is 10.1. The van der Waals surface area contributed by atoms with E-state index in [4.69, 9.17) is 0 Å². The number of nitrogens with zero attached hydrogens (tertiary/aromatic N) is 2. The fourth-order valence-electron chi connectivity index (χ4n) is 3.26. The van der Waals surface area contributed by atoms with Crippen LogP contribution in [0.25, 0.3) is 21.7 Å². The van der Waals surface area contributed by atoms with E-state index in [1.807, 2.05) is 62.5 Å². The summed E-state index contributed by atoms with van der Waals surface area (Å²) < 4.78 is 27.2. The monoisotopic (exact) mass is 377 g/mol. The van der Waals surface area contributed by atoms with Crippen LogP contribution in [0, 0.1) is 6.92 Å². The van der Waals surface area contributed by atoms with E-state index in [-0.39, 0.29) is 4.90 Å². The Morgan fingerprint density at radius 1 is 0.963 bits per heavy atom. The van der Waals surface area contributed by atoms with Crippen LogP contribution in [0.1, 0.15) is 11.3 Å². The van der Waals surface area contributed by atoms with Gasteiger partial charge in [-0.15, -0.1) is 0 Å². The van der Waals surface area contributed by atoms with Crippen LogP contribution in [-0.4, -0.2) is 19.2 Å². The Kier molecular flexibility index (Phi) is 4.20. The van der Waals surface area contributed by atoms with Crippen LogP contribution in [0.5, 0.6) is 0 Å². The fraction of sp³-hybridized carbons (Fsp3) is 0.0952. The van der Waals surface area contributed by atoms with Crippen molar-refractivity contribution in [3.05, 3.63) is 78.0 Å². The zero-order valence-corrected chi connectivity index (χ0v) is 15.9. The average Bonchev–Trinajstić information content (AvgIpc) is 2.92. The minimum atomic E-state index is -3.74. The van der Waals surface area contributed by atoms with Gasteiger partial charge < -0.3 is 4.57 Å². The molecule has 0 spiro atoms. The molecule has 6 heteroatoms. The number of hydrazone groups is 1. The lowest BCUT2D eigenvalue weighted by Gasteiger charge is -2.05. The van der Waals surface area contributed by atoms with Gasteiger partial charge in [0.1, 0.15) is 0 Å². The maximum absolute atomic E-state index is 12.6. The summed E-state index contributed by atoms with van der Waals surface area (Å²) in [5, 5.41) is 6.91. The topological polar surface area (TPSA) is 63.5 Å². The Morgan fingerprint density at radius 3 is 2.48 bits per heavy atom. The van der Waals surface area contributed by atoms with Gasteiger partial charge in [0, 0.05) is 29.2 Å². The Balaban J connectivity index is 1.65. The quantitative estimate of drug-likeness (QED) is 0.432. The summed E-state index contributed by atoms with van der Waals surface area (Å²) in [5.74, 6) is 0. The molecule has 4 rings (SSSR count). The van der Waals surface area contributed by atoms with Gasteiger partial charge in [-0.05, 0) is 35.9 Å². The summed E-state index contributed by atoms with van der Waals surface area (Å²) >= 11 is 0. The van der Waals surface area contributed by atoms with E-state index in [2.05, 4.69) is 14.5 Å². The second kappa shape index (κ2) is 6.55. The molecule has 5 nitrogen and oxygen atoms in total. The standard InChI is InChI=1S/C21H19N3O2S/c1-15-20(19-9-5-6-10-21(19)24(15)2)14-22-23-27(25,26)18-12-11-16-7-3-4-8-17(16)13-18/h3-14,23H,1-2H3.